The Kier molecular flexibility index (Phi) is 7.45. The van der Waals surface area contributed by atoms with Crippen LogP contribution in [0, 0.1) is 0 Å². The minimum Gasteiger partial charge on any atom is -0.395 e. The summed E-state index contributed by atoms with van der Waals surface area (Å²) in [6.07, 6.45) is 2.19. The fraction of sp³-hybridized carbons (Fsp3) is 1.00. The van der Waals surface area contributed by atoms with Crippen molar-refractivity contribution in [2.75, 3.05) is 26.2 Å². The van der Waals surface area contributed by atoms with Gasteiger partial charge in [-0.05, 0) is 19.4 Å². The van der Waals surface area contributed by atoms with Gasteiger partial charge in [0, 0.05) is 19.1 Å². The fourth-order valence-corrected chi connectivity index (χ4v) is 1.47. The molecule has 1 atom stereocenters. The first-order valence-corrected chi connectivity index (χ1v) is 4.85. The molecule has 0 aromatic rings. The molecule has 0 saturated heterocycles. The molecule has 0 fully saturated rings. The smallest absolute Gasteiger partial charge is 0.0558 e. The quantitative estimate of drug-likeness (QED) is 0.588. The van der Waals surface area contributed by atoms with Gasteiger partial charge >= 0.3 is 0 Å². The number of aliphatic hydroxyl groups is 1. The van der Waals surface area contributed by atoms with Crippen molar-refractivity contribution >= 4 is 0 Å². The van der Waals surface area contributed by atoms with Crippen molar-refractivity contribution in [3.63, 3.8) is 0 Å². The van der Waals surface area contributed by atoms with E-state index in [0.29, 0.717) is 12.6 Å². The van der Waals surface area contributed by atoms with Crippen LogP contribution >= 0.6 is 0 Å². The summed E-state index contributed by atoms with van der Waals surface area (Å²) in [6, 6.07) is 0.442. The monoisotopic (exact) mass is 174 g/mol. The van der Waals surface area contributed by atoms with E-state index in [1.54, 1.807) is 0 Å². The maximum absolute atomic E-state index is 8.82. The van der Waals surface area contributed by atoms with Crippen molar-refractivity contribution in [1.82, 2.24) is 4.90 Å². The van der Waals surface area contributed by atoms with Gasteiger partial charge in [-0.15, -0.1) is 0 Å². The minimum atomic E-state index is 0.233. The van der Waals surface area contributed by atoms with Gasteiger partial charge in [0.15, 0.2) is 0 Å². The highest BCUT2D eigenvalue weighted by Gasteiger charge is 2.12. The van der Waals surface area contributed by atoms with Crippen LogP contribution in [0.15, 0.2) is 0 Å². The Balaban J connectivity index is 3.86. The van der Waals surface area contributed by atoms with Crippen LogP contribution in [0.5, 0.6) is 0 Å². The van der Waals surface area contributed by atoms with E-state index in [-0.39, 0.29) is 6.61 Å². The number of hydrogen-bond acceptors (Lipinski definition) is 3. The lowest BCUT2D eigenvalue weighted by Gasteiger charge is -2.28. The van der Waals surface area contributed by atoms with Crippen molar-refractivity contribution in [2.24, 2.45) is 5.73 Å². The highest BCUT2D eigenvalue weighted by Crippen LogP contribution is 2.02. The molecular formula is C9H22N2O. The Hall–Kier alpha value is -0.120. The van der Waals surface area contributed by atoms with Crippen LogP contribution in [0.1, 0.15) is 26.7 Å². The molecule has 0 rings (SSSR count). The number of rotatable bonds is 7. The molecular weight excluding hydrogens is 152 g/mol. The van der Waals surface area contributed by atoms with Crippen LogP contribution in [0.3, 0.4) is 0 Å². The second-order valence-electron chi connectivity index (χ2n) is 3.06. The van der Waals surface area contributed by atoms with Crippen molar-refractivity contribution in [3.05, 3.63) is 0 Å². The van der Waals surface area contributed by atoms with Gasteiger partial charge in [0.05, 0.1) is 6.61 Å². The first-order chi connectivity index (χ1) is 5.79. The van der Waals surface area contributed by atoms with Gasteiger partial charge in [-0.3, -0.25) is 4.90 Å². The van der Waals surface area contributed by atoms with Gasteiger partial charge in [0.1, 0.15) is 0 Å². The molecule has 0 aliphatic heterocycles. The molecule has 0 spiro atoms. The second kappa shape index (κ2) is 7.53. The first-order valence-electron chi connectivity index (χ1n) is 4.85. The van der Waals surface area contributed by atoms with E-state index in [1.165, 1.54) is 0 Å². The maximum Gasteiger partial charge on any atom is 0.0558 e. The largest absolute Gasteiger partial charge is 0.395 e. The average Bonchev–Trinajstić information content (AvgIpc) is 2.07. The fourth-order valence-electron chi connectivity index (χ4n) is 1.47. The maximum atomic E-state index is 8.82. The molecule has 0 radical (unpaired) electrons. The lowest BCUT2D eigenvalue weighted by molar-refractivity contribution is 0.150. The van der Waals surface area contributed by atoms with E-state index < -0.39 is 0 Å². The lowest BCUT2D eigenvalue weighted by atomic mass is 10.2. The van der Waals surface area contributed by atoms with Gasteiger partial charge in [-0.2, -0.15) is 0 Å². The molecule has 0 aromatic heterocycles. The molecule has 12 heavy (non-hydrogen) atoms. The summed E-state index contributed by atoms with van der Waals surface area (Å²) in [7, 11) is 0. The molecule has 0 aliphatic rings. The Bertz CT molecular complexity index is 88.5. The highest BCUT2D eigenvalue weighted by atomic mass is 16.3. The topological polar surface area (TPSA) is 49.5 Å². The van der Waals surface area contributed by atoms with Crippen LogP contribution in [-0.4, -0.2) is 42.3 Å². The first kappa shape index (κ1) is 11.9. The predicted molar refractivity (Wildman–Crippen MR) is 52.1 cm³/mol. The molecule has 74 valence electrons. The molecule has 3 nitrogen and oxygen atoms in total. The summed E-state index contributed by atoms with van der Waals surface area (Å²) in [5.41, 5.74) is 5.62. The molecule has 0 aliphatic carbocycles. The molecule has 3 heteroatoms. The Morgan fingerprint density at radius 3 is 2.33 bits per heavy atom. The van der Waals surface area contributed by atoms with Crippen molar-refractivity contribution in [3.8, 4) is 0 Å². The SMILES string of the molecule is CCCN(CCO)C(CC)CN. The molecule has 3 N–H and O–H groups in total. The van der Waals surface area contributed by atoms with Crippen LogP contribution in [0.2, 0.25) is 0 Å². The zero-order chi connectivity index (χ0) is 9.40. The lowest BCUT2D eigenvalue weighted by Crippen LogP contribution is -2.42. The second-order valence-corrected chi connectivity index (χ2v) is 3.06. The Labute approximate surface area is 75.6 Å². The third-order valence-corrected chi connectivity index (χ3v) is 2.16. The standard InChI is InChI=1S/C9H22N2O/c1-3-5-11(6-7-12)9(4-2)8-10/h9,12H,3-8,10H2,1-2H3. The van der Waals surface area contributed by atoms with E-state index in [4.69, 9.17) is 10.8 Å². The Morgan fingerprint density at radius 2 is 2.00 bits per heavy atom. The number of nitrogens with two attached hydrogens (primary N) is 1. The van der Waals surface area contributed by atoms with Gasteiger partial charge in [-0.25, -0.2) is 0 Å². The predicted octanol–water partition coefficient (Wildman–Crippen LogP) is 0.428. The number of aliphatic hydroxyl groups excluding tert-OH is 1. The van der Waals surface area contributed by atoms with Crippen molar-refractivity contribution in [1.29, 1.82) is 0 Å². The van der Waals surface area contributed by atoms with E-state index in [1.807, 2.05) is 0 Å². The summed E-state index contributed by atoms with van der Waals surface area (Å²) in [5.74, 6) is 0. The summed E-state index contributed by atoms with van der Waals surface area (Å²) < 4.78 is 0. The summed E-state index contributed by atoms with van der Waals surface area (Å²) >= 11 is 0. The summed E-state index contributed by atoms with van der Waals surface area (Å²) in [4.78, 5) is 2.26. The van der Waals surface area contributed by atoms with Gasteiger partial charge in [0.2, 0.25) is 0 Å². The third kappa shape index (κ3) is 4.04. The number of hydrogen-bond donors (Lipinski definition) is 2. The van der Waals surface area contributed by atoms with E-state index in [9.17, 15) is 0 Å². The minimum absolute atomic E-state index is 0.233. The van der Waals surface area contributed by atoms with Gasteiger partial charge in [0.25, 0.3) is 0 Å². The molecule has 0 heterocycles. The van der Waals surface area contributed by atoms with Crippen LogP contribution < -0.4 is 5.73 Å². The molecule has 0 amide bonds. The Morgan fingerprint density at radius 1 is 1.33 bits per heavy atom. The summed E-state index contributed by atoms with van der Waals surface area (Å²) in [5, 5.41) is 8.82. The molecule has 1 unspecified atom stereocenters. The van der Waals surface area contributed by atoms with Gasteiger partial charge < -0.3 is 10.8 Å². The molecule has 0 bridgehead atoms. The van der Waals surface area contributed by atoms with Crippen LogP contribution in [-0.2, 0) is 0 Å². The average molecular weight is 174 g/mol. The third-order valence-electron chi connectivity index (χ3n) is 2.16. The van der Waals surface area contributed by atoms with Crippen LogP contribution in [0.4, 0.5) is 0 Å². The van der Waals surface area contributed by atoms with E-state index in [2.05, 4.69) is 18.7 Å². The zero-order valence-electron chi connectivity index (χ0n) is 8.29. The summed E-state index contributed by atoms with van der Waals surface area (Å²) in [6.45, 7) is 7.00. The van der Waals surface area contributed by atoms with Crippen LogP contribution in [0.25, 0.3) is 0 Å². The van der Waals surface area contributed by atoms with Gasteiger partial charge in [-0.1, -0.05) is 13.8 Å². The number of nitrogens with zero attached hydrogens (tertiary/aromatic N) is 1. The normalized spacial score (nSPS) is 13.8. The molecule has 0 aromatic carbocycles. The van der Waals surface area contributed by atoms with Crippen molar-refractivity contribution < 1.29 is 5.11 Å². The zero-order valence-corrected chi connectivity index (χ0v) is 8.29. The van der Waals surface area contributed by atoms with E-state index in [0.717, 1.165) is 25.9 Å². The van der Waals surface area contributed by atoms with Crippen molar-refractivity contribution in [2.45, 2.75) is 32.7 Å². The molecule has 0 saturated carbocycles. The highest BCUT2D eigenvalue weighted by molar-refractivity contribution is 4.70. The van der Waals surface area contributed by atoms with E-state index >= 15 is 0 Å².